The van der Waals surface area contributed by atoms with Crippen molar-refractivity contribution in [1.29, 1.82) is 0 Å². The Bertz CT molecular complexity index is 1100. The van der Waals surface area contributed by atoms with Gasteiger partial charge < -0.3 is 9.80 Å². The van der Waals surface area contributed by atoms with E-state index in [2.05, 4.69) is 20.2 Å². The maximum Gasteiger partial charge on any atom is 0.227 e. The maximum absolute atomic E-state index is 12.6. The minimum Gasteiger partial charge on any atom is -0.352 e. The third kappa shape index (κ3) is 3.81. The Morgan fingerprint density at radius 2 is 1.75 bits per heavy atom. The van der Waals surface area contributed by atoms with Gasteiger partial charge in [-0.15, -0.1) is 15.3 Å². The molecule has 9 nitrogen and oxygen atoms in total. The molecule has 1 aliphatic rings. The van der Waals surface area contributed by atoms with Crippen LogP contribution in [0.15, 0.2) is 47.6 Å². The third-order valence-electron chi connectivity index (χ3n) is 4.81. The van der Waals surface area contributed by atoms with E-state index in [1.165, 1.54) is 6.26 Å². The molecule has 0 N–H and O–H groups in total. The summed E-state index contributed by atoms with van der Waals surface area (Å²) < 4.78 is 24.7. The lowest BCUT2D eigenvalue weighted by molar-refractivity contribution is -0.130. The number of hydrogen-bond donors (Lipinski definition) is 0. The second kappa shape index (κ2) is 7.19. The molecular weight excluding hydrogens is 380 g/mol. The molecule has 1 aromatic carbocycles. The van der Waals surface area contributed by atoms with Gasteiger partial charge in [-0.05, 0) is 29.8 Å². The molecule has 2 aromatic heterocycles. The van der Waals surface area contributed by atoms with Crippen molar-refractivity contribution >= 4 is 27.2 Å². The molecule has 3 heterocycles. The number of anilines is 1. The summed E-state index contributed by atoms with van der Waals surface area (Å²) >= 11 is 0. The van der Waals surface area contributed by atoms with Crippen LogP contribution in [0.25, 0.3) is 5.65 Å². The van der Waals surface area contributed by atoms with Crippen molar-refractivity contribution in [3.63, 3.8) is 0 Å². The maximum atomic E-state index is 12.6. The molecule has 146 valence electrons. The molecule has 1 amide bonds. The molecular formula is C18H20N6O3S. The van der Waals surface area contributed by atoms with E-state index >= 15 is 0 Å². The minimum absolute atomic E-state index is 0.0361. The molecule has 0 unspecified atom stereocenters. The highest BCUT2D eigenvalue weighted by molar-refractivity contribution is 7.90. The topological polar surface area (TPSA) is 101 Å². The molecule has 1 saturated heterocycles. The highest BCUT2D eigenvalue weighted by atomic mass is 32.2. The van der Waals surface area contributed by atoms with Gasteiger partial charge in [-0.25, -0.2) is 8.42 Å². The van der Waals surface area contributed by atoms with Gasteiger partial charge in [0.1, 0.15) is 12.1 Å². The van der Waals surface area contributed by atoms with E-state index in [-0.39, 0.29) is 17.2 Å². The zero-order valence-corrected chi connectivity index (χ0v) is 16.2. The van der Waals surface area contributed by atoms with Crippen molar-refractivity contribution in [2.75, 3.05) is 37.3 Å². The van der Waals surface area contributed by atoms with Crippen molar-refractivity contribution in [1.82, 2.24) is 24.7 Å². The van der Waals surface area contributed by atoms with Crippen LogP contribution in [0.2, 0.25) is 0 Å². The van der Waals surface area contributed by atoms with Crippen LogP contribution in [-0.2, 0) is 21.1 Å². The molecule has 1 aliphatic heterocycles. The lowest BCUT2D eigenvalue weighted by Crippen LogP contribution is -2.49. The molecule has 4 rings (SSSR count). The van der Waals surface area contributed by atoms with Crippen LogP contribution in [0.4, 0.5) is 5.82 Å². The Morgan fingerprint density at radius 1 is 1.04 bits per heavy atom. The van der Waals surface area contributed by atoms with Crippen LogP contribution < -0.4 is 4.90 Å². The Morgan fingerprint density at radius 3 is 2.43 bits per heavy atom. The fraction of sp³-hybridized carbons (Fsp3) is 0.333. The number of sulfone groups is 1. The third-order valence-corrected chi connectivity index (χ3v) is 5.94. The quantitative estimate of drug-likeness (QED) is 0.625. The summed E-state index contributed by atoms with van der Waals surface area (Å²) in [5, 5.41) is 12.3. The molecule has 1 fully saturated rings. The SMILES string of the molecule is CS(=O)(=O)c1ccc(CC(=O)N2CCN(c3ccc4nncn4n3)CC2)cc1. The minimum atomic E-state index is -3.23. The van der Waals surface area contributed by atoms with E-state index in [0.717, 1.165) is 11.4 Å². The number of amides is 1. The first-order chi connectivity index (χ1) is 13.4. The van der Waals surface area contributed by atoms with Gasteiger partial charge in [0, 0.05) is 32.4 Å². The Kier molecular flexibility index (Phi) is 4.71. The molecule has 0 atom stereocenters. The molecule has 0 radical (unpaired) electrons. The lowest BCUT2D eigenvalue weighted by Gasteiger charge is -2.35. The van der Waals surface area contributed by atoms with Gasteiger partial charge in [0.05, 0.1) is 11.3 Å². The van der Waals surface area contributed by atoms with Crippen molar-refractivity contribution in [2.24, 2.45) is 0 Å². The largest absolute Gasteiger partial charge is 0.352 e. The van der Waals surface area contributed by atoms with Crippen LogP contribution in [0.5, 0.6) is 0 Å². The lowest BCUT2D eigenvalue weighted by atomic mass is 10.1. The van der Waals surface area contributed by atoms with Crippen molar-refractivity contribution < 1.29 is 13.2 Å². The summed E-state index contributed by atoms with van der Waals surface area (Å²) in [6, 6.07) is 10.3. The van der Waals surface area contributed by atoms with Crippen LogP contribution in [0.1, 0.15) is 5.56 Å². The molecule has 0 spiro atoms. The molecule has 28 heavy (non-hydrogen) atoms. The van der Waals surface area contributed by atoms with Gasteiger partial charge in [-0.2, -0.15) is 4.52 Å². The van der Waals surface area contributed by atoms with Crippen LogP contribution in [0.3, 0.4) is 0 Å². The van der Waals surface area contributed by atoms with Crippen LogP contribution in [-0.4, -0.2) is 71.5 Å². The fourth-order valence-corrected chi connectivity index (χ4v) is 3.84. The van der Waals surface area contributed by atoms with E-state index in [4.69, 9.17) is 0 Å². The monoisotopic (exact) mass is 400 g/mol. The predicted octanol–water partition coefficient (Wildman–Crippen LogP) is 0.419. The second-order valence-electron chi connectivity index (χ2n) is 6.79. The smallest absolute Gasteiger partial charge is 0.227 e. The first-order valence-corrected chi connectivity index (χ1v) is 10.8. The summed E-state index contributed by atoms with van der Waals surface area (Å²) in [6.07, 6.45) is 2.99. The van der Waals surface area contributed by atoms with E-state index < -0.39 is 9.84 Å². The van der Waals surface area contributed by atoms with Gasteiger partial charge in [0.15, 0.2) is 15.5 Å². The highest BCUT2D eigenvalue weighted by Crippen LogP contribution is 2.16. The number of hydrogen-bond acceptors (Lipinski definition) is 7. The normalized spacial score (nSPS) is 15.2. The first-order valence-electron chi connectivity index (χ1n) is 8.89. The number of carbonyl (C=O) groups is 1. The van der Waals surface area contributed by atoms with Crippen molar-refractivity contribution in [3.8, 4) is 0 Å². The van der Waals surface area contributed by atoms with Crippen molar-refractivity contribution in [3.05, 3.63) is 48.3 Å². The molecule has 10 heteroatoms. The van der Waals surface area contributed by atoms with Gasteiger partial charge in [-0.1, -0.05) is 12.1 Å². The van der Waals surface area contributed by atoms with Crippen molar-refractivity contribution in [2.45, 2.75) is 11.3 Å². The number of benzene rings is 1. The molecule has 3 aromatic rings. The van der Waals surface area contributed by atoms with Gasteiger partial charge >= 0.3 is 0 Å². The number of nitrogens with zero attached hydrogens (tertiary/aromatic N) is 6. The summed E-state index contributed by atoms with van der Waals surface area (Å²) in [5.41, 5.74) is 1.50. The molecule has 0 bridgehead atoms. The predicted molar refractivity (Wildman–Crippen MR) is 103 cm³/mol. The molecule has 0 saturated carbocycles. The Balaban J connectivity index is 1.36. The zero-order valence-electron chi connectivity index (χ0n) is 15.4. The second-order valence-corrected chi connectivity index (χ2v) is 8.80. The number of aromatic nitrogens is 4. The standard InChI is InChI=1S/C18H20N6O3S/c1-28(26,27)15-4-2-14(3-5-15)12-18(25)23-10-8-22(9-11-23)17-7-6-16-20-19-13-24(16)21-17/h2-7,13H,8-12H2,1H3. The number of carbonyl (C=O) groups excluding carboxylic acids is 1. The van der Waals surface area contributed by atoms with E-state index in [9.17, 15) is 13.2 Å². The fourth-order valence-electron chi connectivity index (χ4n) is 3.21. The van der Waals surface area contributed by atoms with E-state index in [1.54, 1.807) is 35.1 Å². The summed E-state index contributed by atoms with van der Waals surface area (Å²) in [5.74, 6) is 0.865. The Hall–Kier alpha value is -3.01. The number of rotatable bonds is 4. The number of fused-ring (bicyclic) bond motifs is 1. The zero-order chi connectivity index (χ0) is 19.7. The summed E-state index contributed by atoms with van der Waals surface area (Å²) in [7, 11) is -3.23. The van der Waals surface area contributed by atoms with Gasteiger partial charge in [0.25, 0.3) is 0 Å². The molecule has 0 aliphatic carbocycles. The average molecular weight is 400 g/mol. The van der Waals surface area contributed by atoms with E-state index in [0.29, 0.717) is 31.8 Å². The number of piperazine rings is 1. The highest BCUT2D eigenvalue weighted by Gasteiger charge is 2.22. The summed E-state index contributed by atoms with van der Waals surface area (Å²) in [4.78, 5) is 16.8. The Labute approximate surface area is 162 Å². The average Bonchev–Trinajstić information content (AvgIpc) is 3.15. The summed E-state index contributed by atoms with van der Waals surface area (Å²) in [6.45, 7) is 2.61. The van der Waals surface area contributed by atoms with E-state index in [1.807, 2.05) is 17.0 Å². The van der Waals surface area contributed by atoms with Crippen LogP contribution >= 0.6 is 0 Å². The first kappa shape index (κ1) is 18.4. The van der Waals surface area contributed by atoms with Gasteiger partial charge in [0.2, 0.25) is 5.91 Å². The van der Waals surface area contributed by atoms with Crippen LogP contribution in [0, 0.1) is 0 Å². The van der Waals surface area contributed by atoms with Gasteiger partial charge in [-0.3, -0.25) is 4.79 Å².